The molecule has 188 valence electrons. The van der Waals surface area contributed by atoms with Crippen molar-refractivity contribution in [3.63, 3.8) is 0 Å². The molecule has 12 heteroatoms. The summed E-state index contributed by atoms with van der Waals surface area (Å²) < 4.78 is 55.4. The highest BCUT2D eigenvalue weighted by molar-refractivity contribution is 6.30. The molecule has 0 saturated carbocycles. The van der Waals surface area contributed by atoms with Crippen LogP contribution in [0, 0.1) is 0 Å². The minimum Gasteiger partial charge on any atom is -0.494 e. The van der Waals surface area contributed by atoms with E-state index in [9.17, 15) is 18.0 Å². The van der Waals surface area contributed by atoms with Crippen LogP contribution in [0.25, 0.3) is 22.4 Å². The lowest BCUT2D eigenvalue weighted by Crippen LogP contribution is -2.19. The number of ether oxygens (including phenoxy) is 1. The lowest BCUT2D eigenvalue weighted by Gasteiger charge is -2.14. The van der Waals surface area contributed by atoms with E-state index in [2.05, 4.69) is 20.1 Å². The van der Waals surface area contributed by atoms with Crippen LogP contribution in [0.5, 0.6) is 5.75 Å². The van der Waals surface area contributed by atoms with Gasteiger partial charge in [-0.15, -0.1) is 0 Å². The quantitative estimate of drug-likeness (QED) is 0.246. The smallest absolute Gasteiger partial charge is 0.432 e. The van der Waals surface area contributed by atoms with Crippen molar-refractivity contribution in [3.05, 3.63) is 88.8 Å². The van der Waals surface area contributed by atoms with Gasteiger partial charge in [0, 0.05) is 28.7 Å². The number of nitrogens with zero attached hydrogens (tertiary/aromatic N) is 5. The molecule has 37 heavy (non-hydrogen) atoms. The number of halogens is 4. The average molecular weight is 528 g/mol. The van der Waals surface area contributed by atoms with E-state index < -0.39 is 29.1 Å². The van der Waals surface area contributed by atoms with Gasteiger partial charge in [-0.3, -0.25) is 4.79 Å². The molecule has 0 unspecified atom stereocenters. The normalized spacial score (nSPS) is 11.7. The fraction of sp³-hybridized carbons (Fsp3) is 0.160. The van der Waals surface area contributed by atoms with E-state index >= 15 is 0 Å². The molecule has 5 aromatic rings. The topological polar surface area (TPSA) is 95.9 Å². The third-order valence-electron chi connectivity index (χ3n) is 5.53. The van der Waals surface area contributed by atoms with Crippen molar-refractivity contribution in [2.24, 2.45) is 0 Å². The molecule has 0 radical (unpaired) electrons. The molecule has 0 saturated heterocycles. The van der Waals surface area contributed by atoms with Gasteiger partial charge in [0.05, 0.1) is 12.2 Å². The molecular weight excluding hydrogens is 511 g/mol. The Kier molecular flexibility index (Phi) is 6.38. The number of benzene rings is 2. The summed E-state index contributed by atoms with van der Waals surface area (Å²) in [6.45, 7) is 1.87. The zero-order valence-corrected chi connectivity index (χ0v) is 19.9. The standard InChI is InChI=1S/C25H17ClF3N5O3/c1-2-36-16-7-8-19-17(11-16)20(21(35)24-32-23(33-37-24)18-9-10-30-13-31-18)22(25(27,28)29)34(19)12-14-3-5-15(26)6-4-14/h3-11,13H,2,12H2,1H3. The molecule has 5 rings (SSSR count). The zero-order chi connectivity index (χ0) is 26.2. The van der Waals surface area contributed by atoms with Gasteiger partial charge >= 0.3 is 6.18 Å². The highest BCUT2D eigenvalue weighted by atomic mass is 35.5. The van der Waals surface area contributed by atoms with Gasteiger partial charge in [-0.25, -0.2) is 9.97 Å². The predicted molar refractivity (Wildman–Crippen MR) is 127 cm³/mol. The van der Waals surface area contributed by atoms with Crippen molar-refractivity contribution in [2.45, 2.75) is 19.6 Å². The Labute approximate surface area is 212 Å². The van der Waals surface area contributed by atoms with E-state index in [-0.39, 0.29) is 29.0 Å². The second kappa shape index (κ2) is 9.66. The summed E-state index contributed by atoms with van der Waals surface area (Å²) in [7, 11) is 0. The number of rotatable bonds is 7. The molecular formula is C25H17ClF3N5O3. The van der Waals surface area contributed by atoms with E-state index in [4.69, 9.17) is 20.9 Å². The van der Waals surface area contributed by atoms with Crippen LogP contribution in [-0.4, -0.2) is 37.1 Å². The highest BCUT2D eigenvalue weighted by Crippen LogP contribution is 2.41. The summed E-state index contributed by atoms with van der Waals surface area (Å²) in [6, 6.07) is 12.3. The first-order valence-corrected chi connectivity index (χ1v) is 11.4. The van der Waals surface area contributed by atoms with Gasteiger partial charge in [0.25, 0.3) is 11.7 Å². The van der Waals surface area contributed by atoms with Crippen LogP contribution in [0.1, 0.15) is 34.4 Å². The summed E-state index contributed by atoms with van der Waals surface area (Å²) in [4.78, 5) is 25.3. The Morgan fingerprint density at radius 1 is 1.14 bits per heavy atom. The van der Waals surface area contributed by atoms with E-state index in [0.717, 1.165) is 4.57 Å². The molecule has 3 aromatic heterocycles. The number of carbonyl (C=O) groups excluding carboxylic acids is 1. The van der Waals surface area contributed by atoms with Gasteiger partial charge in [-0.2, -0.15) is 18.2 Å². The number of hydrogen-bond donors (Lipinski definition) is 0. The Bertz CT molecular complexity index is 1580. The number of carbonyl (C=O) groups is 1. The van der Waals surface area contributed by atoms with E-state index in [1.165, 1.54) is 30.7 Å². The lowest BCUT2D eigenvalue weighted by molar-refractivity contribution is -0.143. The molecule has 0 aliphatic heterocycles. The number of hydrogen-bond acceptors (Lipinski definition) is 7. The van der Waals surface area contributed by atoms with Crippen molar-refractivity contribution in [2.75, 3.05) is 6.61 Å². The van der Waals surface area contributed by atoms with Gasteiger partial charge in [0.15, 0.2) is 0 Å². The second-order valence-electron chi connectivity index (χ2n) is 7.89. The lowest BCUT2D eigenvalue weighted by atomic mass is 10.1. The number of alkyl halides is 3. The number of ketones is 1. The predicted octanol–water partition coefficient (Wildman–Crippen LogP) is 5.83. The van der Waals surface area contributed by atoms with Crippen LogP contribution in [0.3, 0.4) is 0 Å². The van der Waals surface area contributed by atoms with Gasteiger partial charge in [-0.1, -0.05) is 28.9 Å². The Hall–Kier alpha value is -4.25. The Morgan fingerprint density at radius 3 is 2.59 bits per heavy atom. The van der Waals surface area contributed by atoms with Crippen molar-refractivity contribution in [1.82, 2.24) is 24.7 Å². The molecule has 0 fully saturated rings. The van der Waals surface area contributed by atoms with Gasteiger partial charge in [0.1, 0.15) is 23.5 Å². The Morgan fingerprint density at radius 2 is 1.92 bits per heavy atom. The molecule has 3 heterocycles. The molecule has 2 aromatic carbocycles. The Balaban J connectivity index is 1.71. The van der Waals surface area contributed by atoms with Crippen molar-refractivity contribution < 1.29 is 27.2 Å². The molecule has 0 aliphatic carbocycles. The van der Waals surface area contributed by atoms with Crippen LogP contribution >= 0.6 is 11.6 Å². The molecule has 0 amide bonds. The van der Waals surface area contributed by atoms with Crippen molar-refractivity contribution in [1.29, 1.82) is 0 Å². The van der Waals surface area contributed by atoms with Crippen molar-refractivity contribution in [3.8, 4) is 17.3 Å². The van der Waals surface area contributed by atoms with E-state index in [1.54, 1.807) is 37.3 Å². The fourth-order valence-electron chi connectivity index (χ4n) is 4.00. The van der Waals surface area contributed by atoms with Crippen LogP contribution in [0.2, 0.25) is 5.02 Å². The molecule has 0 N–H and O–H groups in total. The molecule has 8 nitrogen and oxygen atoms in total. The number of fused-ring (bicyclic) bond motifs is 1. The van der Waals surface area contributed by atoms with Gasteiger partial charge in [0.2, 0.25) is 5.82 Å². The van der Waals surface area contributed by atoms with Gasteiger partial charge in [-0.05, 0) is 48.9 Å². The van der Waals surface area contributed by atoms with Crippen LogP contribution in [-0.2, 0) is 12.7 Å². The second-order valence-corrected chi connectivity index (χ2v) is 8.33. The van der Waals surface area contributed by atoms with E-state index in [1.807, 2.05) is 0 Å². The van der Waals surface area contributed by atoms with E-state index in [0.29, 0.717) is 22.9 Å². The first kappa shape index (κ1) is 24.4. The maximum Gasteiger partial charge on any atom is 0.432 e. The number of aromatic nitrogens is 5. The minimum absolute atomic E-state index is 0.0408. The first-order valence-electron chi connectivity index (χ1n) is 11.0. The van der Waals surface area contributed by atoms with Crippen LogP contribution < -0.4 is 4.74 Å². The molecule has 0 atom stereocenters. The summed E-state index contributed by atoms with van der Waals surface area (Å²) in [5.41, 5.74) is -0.764. The third-order valence-corrected chi connectivity index (χ3v) is 5.78. The van der Waals surface area contributed by atoms with Crippen LogP contribution in [0.15, 0.2) is 65.6 Å². The largest absolute Gasteiger partial charge is 0.494 e. The highest BCUT2D eigenvalue weighted by Gasteiger charge is 2.42. The van der Waals surface area contributed by atoms with Crippen LogP contribution in [0.4, 0.5) is 13.2 Å². The summed E-state index contributed by atoms with van der Waals surface area (Å²) >= 11 is 5.94. The third kappa shape index (κ3) is 4.77. The fourth-order valence-corrected chi connectivity index (χ4v) is 4.13. The maximum atomic E-state index is 14.6. The molecule has 0 spiro atoms. The summed E-state index contributed by atoms with van der Waals surface area (Å²) in [5.74, 6) is -1.42. The van der Waals surface area contributed by atoms with Gasteiger partial charge < -0.3 is 13.8 Å². The summed E-state index contributed by atoms with van der Waals surface area (Å²) in [6.07, 6.45) is -2.21. The monoisotopic (exact) mass is 527 g/mol. The van der Waals surface area contributed by atoms with Crippen molar-refractivity contribution >= 4 is 28.3 Å². The zero-order valence-electron chi connectivity index (χ0n) is 19.2. The maximum absolute atomic E-state index is 14.6. The average Bonchev–Trinajstić information content (AvgIpc) is 3.49. The molecule has 0 bridgehead atoms. The minimum atomic E-state index is -4.89. The summed E-state index contributed by atoms with van der Waals surface area (Å²) in [5, 5.41) is 4.20. The SMILES string of the molecule is CCOc1ccc2c(c1)c(C(=O)c1nc(-c3ccncn3)no1)c(C(F)(F)F)n2Cc1ccc(Cl)cc1. The first-order chi connectivity index (χ1) is 17.8. The molecule has 0 aliphatic rings.